The molecular weight excluding hydrogens is 257 g/mol. The molecule has 0 aliphatic heterocycles. The van der Waals surface area contributed by atoms with Crippen molar-refractivity contribution in [1.82, 2.24) is 4.72 Å². The molecule has 4 nitrogen and oxygen atoms in total. The van der Waals surface area contributed by atoms with Gasteiger partial charge in [0.1, 0.15) is 5.82 Å². The van der Waals surface area contributed by atoms with Gasteiger partial charge in [0.25, 0.3) is 0 Å². The number of nitrogens with one attached hydrogen (secondary N) is 1. The van der Waals surface area contributed by atoms with Crippen molar-refractivity contribution in [3.05, 3.63) is 35.6 Å². The Kier molecular flexibility index (Phi) is 4.47. The number of hydrogen-bond donors (Lipinski definition) is 2. The lowest BCUT2D eigenvalue weighted by molar-refractivity contribution is 0.111. The normalized spacial score (nSPS) is 14.5. The van der Waals surface area contributed by atoms with Crippen molar-refractivity contribution in [2.24, 2.45) is 0 Å². The van der Waals surface area contributed by atoms with Gasteiger partial charge in [-0.15, -0.1) is 0 Å². The largest absolute Gasteiger partial charge is 0.391 e. The zero-order valence-corrected chi connectivity index (χ0v) is 11.5. The fraction of sp³-hybridized carbons (Fsp3) is 0.500. The van der Waals surface area contributed by atoms with Gasteiger partial charge in [-0.2, -0.15) is 0 Å². The highest BCUT2D eigenvalue weighted by atomic mass is 32.2. The molecule has 1 aromatic rings. The highest BCUT2D eigenvalue weighted by Crippen LogP contribution is 2.13. The molecule has 1 atom stereocenters. The van der Waals surface area contributed by atoms with Gasteiger partial charge in [0.05, 0.1) is 17.4 Å². The number of sulfonamides is 1. The lowest BCUT2D eigenvalue weighted by atomic mass is 10.0. The molecule has 0 fully saturated rings. The molecular formula is C12H18FNO3S. The second-order valence-corrected chi connectivity index (χ2v) is 6.61. The molecule has 0 saturated heterocycles. The number of rotatable bonds is 5. The van der Waals surface area contributed by atoms with Crippen molar-refractivity contribution in [2.75, 3.05) is 0 Å². The SMILES string of the molecule is CC(O)C(C)(C)NS(=O)(=O)Cc1ccc(F)cc1. The van der Waals surface area contributed by atoms with Crippen LogP contribution in [0.15, 0.2) is 24.3 Å². The van der Waals surface area contributed by atoms with Crippen LogP contribution in [0.4, 0.5) is 4.39 Å². The van der Waals surface area contributed by atoms with Crippen molar-refractivity contribution >= 4 is 10.0 Å². The molecule has 0 aliphatic rings. The lowest BCUT2D eigenvalue weighted by Crippen LogP contribution is -2.51. The Hall–Kier alpha value is -0.980. The van der Waals surface area contributed by atoms with Crippen LogP contribution >= 0.6 is 0 Å². The quantitative estimate of drug-likeness (QED) is 0.853. The van der Waals surface area contributed by atoms with Crippen LogP contribution in [0.5, 0.6) is 0 Å². The third-order valence-corrected chi connectivity index (χ3v) is 4.28. The van der Waals surface area contributed by atoms with Gasteiger partial charge in [-0.1, -0.05) is 12.1 Å². The van der Waals surface area contributed by atoms with Gasteiger partial charge in [-0.05, 0) is 38.5 Å². The van der Waals surface area contributed by atoms with Crippen molar-refractivity contribution in [1.29, 1.82) is 0 Å². The summed E-state index contributed by atoms with van der Waals surface area (Å²) in [4.78, 5) is 0. The third-order valence-electron chi connectivity index (χ3n) is 2.73. The summed E-state index contributed by atoms with van der Waals surface area (Å²) in [6, 6.07) is 5.27. The van der Waals surface area contributed by atoms with Gasteiger partial charge >= 0.3 is 0 Å². The molecule has 1 rings (SSSR count). The molecule has 0 aliphatic carbocycles. The molecule has 2 N–H and O–H groups in total. The van der Waals surface area contributed by atoms with E-state index in [-0.39, 0.29) is 5.75 Å². The fourth-order valence-electron chi connectivity index (χ4n) is 1.32. The van der Waals surface area contributed by atoms with Crippen LogP contribution in [0.3, 0.4) is 0 Å². The Morgan fingerprint density at radius 3 is 2.28 bits per heavy atom. The second-order valence-electron chi connectivity index (χ2n) is 4.89. The number of benzene rings is 1. The van der Waals surface area contributed by atoms with Gasteiger partial charge < -0.3 is 5.11 Å². The second kappa shape index (κ2) is 5.34. The number of aliphatic hydroxyl groups excluding tert-OH is 1. The standard InChI is InChI=1S/C12H18FNO3S/c1-9(15)12(2,3)14-18(16,17)8-10-4-6-11(13)7-5-10/h4-7,9,14-15H,8H2,1-3H3. The van der Waals surface area contributed by atoms with E-state index in [0.717, 1.165) is 0 Å². The maximum absolute atomic E-state index is 12.7. The van der Waals surface area contributed by atoms with Gasteiger partial charge in [0.2, 0.25) is 10.0 Å². The summed E-state index contributed by atoms with van der Waals surface area (Å²) >= 11 is 0. The number of aliphatic hydroxyl groups is 1. The molecule has 0 heterocycles. The van der Waals surface area contributed by atoms with Crippen molar-refractivity contribution in [2.45, 2.75) is 38.2 Å². The molecule has 102 valence electrons. The first-order valence-electron chi connectivity index (χ1n) is 5.56. The molecule has 6 heteroatoms. The van der Waals surface area contributed by atoms with Crippen LogP contribution in [-0.4, -0.2) is 25.2 Å². The minimum absolute atomic E-state index is 0.247. The summed E-state index contributed by atoms with van der Waals surface area (Å²) in [5.41, 5.74) is -0.455. The summed E-state index contributed by atoms with van der Waals surface area (Å²) < 4.78 is 38.9. The van der Waals surface area contributed by atoms with Crippen molar-refractivity contribution in [3.63, 3.8) is 0 Å². The number of hydrogen-bond acceptors (Lipinski definition) is 3. The first kappa shape index (κ1) is 15.1. The van der Waals surface area contributed by atoms with E-state index < -0.39 is 27.5 Å². The first-order valence-corrected chi connectivity index (χ1v) is 7.22. The molecule has 0 spiro atoms. The van der Waals surface area contributed by atoms with E-state index in [1.54, 1.807) is 13.8 Å². The minimum Gasteiger partial charge on any atom is -0.391 e. The average Bonchev–Trinajstić information content (AvgIpc) is 2.19. The topological polar surface area (TPSA) is 66.4 Å². The zero-order valence-electron chi connectivity index (χ0n) is 10.6. The molecule has 0 aromatic heterocycles. The molecule has 0 amide bonds. The monoisotopic (exact) mass is 275 g/mol. The minimum atomic E-state index is -3.58. The summed E-state index contributed by atoms with van der Waals surface area (Å²) in [5.74, 6) is -0.655. The van der Waals surface area contributed by atoms with Crippen molar-refractivity contribution < 1.29 is 17.9 Å². The zero-order chi connectivity index (χ0) is 14.0. The Morgan fingerprint density at radius 2 is 1.83 bits per heavy atom. The van der Waals surface area contributed by atoms with Gasteiger partial charge in [0, 0.05) is 0 Å². The Bertz CT molecular complexity index is 495. The predicted molar refractivity (Wildman–Crippen MR) is 67.9 cm³/mol. The van der Waals surface area contributed by atoms with Gasteiger partial charge in [-0.25, -0.2) is 17.5 Å². The molecule has 0 radical (unpaired) electrons. The highest BCUT2D eigenvalue weighted by Gasteiger charge is 2.29. The van der Waals surface area contributed by atoms with Crippen LogP contribution < -0.4 is 4.72 Å². The molecule has 0 saturated carbocycles. The molecule has 1 unspecified atom stereocenters. The van der Waals surface area contributed by atoms with Crippen molar-refractivity contribution in [3.8, 4) is 0 Å². The van der Waals surface area contributed by atoms with E-state index in [9.17, 15) is 17.9 Å². The van der Waals surface area contributed by atoms with E-state index in [0.29, 0.717) is 5.56 Å². The summed E-state index contributed by atoms with van der Waals surface area (Å²) in [7, 11) is -3.58. The van der Waals surface area contributed by atoms with Crippen LogP contribution in [-0.2, 0) is 15.8 Å². The van der Waals surface area contributed by atoms with Crippen LogP contribution in [0.1, 0.15) is 26.3 Å². The Morgan fingerprint density at radius 1 is 1.33 bits per heavy atom. The highest BCUT2D eigenvalue weighted by molar-refractivity contribution is 7.88. The van der Waals surface area contributed by atoms with Gasteiger partial charge in [0.15, 0.2) is 0 Å². The lowest BCUT2D eigenvalue weighted by Gasteiger charge is -2.28. The van der Waals surface area contributed by atoms with E-state index >= 15 is 0 Å². The first-order chi connectivity index (χ1) is 8.12. The predicted octanol–water partition coefficient (Wildman–Crippen LogP) is 1.40. The Labute approximate surface area is 107 Å². The van der Waals surface area contributed by atoms with Crippen LogP contribution in [0.25, 0.3) is 0 Å². The van der Waals surface area contributed by atoms with E-state index in [4.69, 9.17) is 0 Å². The maximum atomic E-state index is 12.7. The molecule has 1 aromatic carbocycles. The summed E-state index contributed by atoms with van der Waals surface area (Å²) in [6.45, 7) is 4.71. The van der Waals surface area contributed by atoms with Crippen LogP contribution in [0, 0.1) is 5.82 Å². The summed E-state index contributed by atoms with van der Waals surface area (Å²) in [5, 5.41) is 9.47. The summed E-state index contributed by atoms with van der Waals surface area (Å²) in [6.07, 6.45) is -0.819. The smallest absolute Gasteiger partial charge is 0.216 e. The average molecular weight is 275 g/mol. The third kappa shape index (κ3) is 4.36. The molecule has 0 bridgehead atoms. The fourth-order valence-corrected chi connectivity index (χ4v) is 3.00. The van der Waals surface area contributed by atoms with E-state index in [1.807, 2.05) is 0 Å². The van der Waals surface area contributed by atoms with E-state index in [2.05, 4.69) is 4.72 Å². The van der Waals surface area contributed by atoms with Gasteiger partial charge in [-0.3, -0.25) is 0 Å². The number of halogens is 1. The maximum Gasteiger partial charge on any atom is 0.216 e. The molecule has 18 heavy (non-hydrogen) atoms. The van der Waals surface area contributed by atoms with Crippen LogP contribution in [0.2, 0.25) is 0 Å². The Balaban J connectivity index is 2.80. The van der Waals surface area contributed by atoms with E-state index in [1.165, 1.54) is 31.2 Å².